The molecular weight excluding hydrogens is 215 g/mol. The molecule has 0 heterocycles. The second-order valence-corrected chi connectivity index (χ2v) is 4.81. The van der Waals surface area contributed by atoms with Crippen LogP contribution in [0.15, 0.2) is 6.07 Å². The lowest BCUT2D eigenvalue weighted by molar-refractivity contribution is 0.282. The molecule has 1 rings (SSSR count). The number of phosphoric ester groups is 1. The van der Waals surface area contributed by atoms with Gasteiger partial charge < -0.3 is 4.52 Å². The topological polar surface area (TPSA) is 66.8 Å². The van der Waals surface area contributed by atoms with Crippen molar-refractivity contribution in [1.82, 2.24) is 0 Å². The lowest BCUT2D eigenvalue weighted by Crippen LogP contribution is -1.97. The number of phosphoric acid groups is 1. The minimum Gasteiger partial charge on any atom is -0.404 e. The van der Waals surface area contributed by atoms with E-state index in [4.69, 9.17) is 9.79 Å². The van der Waals surface area contributed by atoms with Gasteiger partial charge in [-0.05, 0) is 56.0 Å². The quantitative estimate of drug-likeness (QED) is 0.765. The molecule has 0 saturated heterocycles. The van der Waals surface area contributed by atoms with Crippen LogP contribution in [0.5, 0.6) is 5.75 Å². The Balaban J connectivity index is 3.27. The lowest BCUT2D eigenvalue weighted by Gasteiger charge is -2.15. The normalized spacial score (nSPS) is 11.6. The van der Waals surface area contributed by atoms with E-state index in [1.54, 1.807) is 13.0 Å². The third-order valence-corrected chi connectivity index (χ3v) is 3.09. The smallest absolute Gasteiger partial charge is 0.404 e. The number of benzene rings is 1. The maximum absolute atomic E-state index is 10.7. The third kappa shape index (κ3) is 2.81. The van der Waals surface area contributed by atoms with Crippen molar-refractivity contribution in [2.75, 3.05) is 0 Å². The Morgan fingerprint density at radius 1 is 1.07 bits per heavy atom. The van der Waals surface area contributed by atoms with Crippen LogP contribution in [0.1, 0.15) is 22.3 Å². The molecule has 5 heteroatoms. The molecule has 0 amide bonds. The van der Waals surface area contributed by atoms with Gasteiger partial charge in [-0.2, -0.15) is 0 Å². The van der Waals surface area contributed by atoms with Gasteiger partial charge >= 0.3 is 7.82 Å². The molecule has 1 aromatic carbocycles. The Hall–Kier alpha value is -0.830. The van der Waals surface area contributed by atoms with Crippen molar-refractivity contribution in [3.05, 3.63) is 28.3 Å². The fraction of sp³-hybridized carbons (Fsp3) is 0.400. The van der Waals surface area contributed by atoms with Gasteiger partial charge in [0.05, 0.1) is 0 Å². The van der Waals surface area contributed by atoms with Crippen LogP contribution >= 0.6 is 7.82 Å². The minimum atomic E-state index is -4.47. The summed E-state index contributed by atoms with van der Waals surface area (Å²) in [7, 11) is -4.47. The fourth-order valence-corrected chi connectivity index (χ4v) is 1.84. The summed E-state index contributed by atoms with van der Waals surface area (Å²) >= 11 is 0. The zero-order valence-electron chi connectivity index (χ0n) is 9.24. The summed E-state index contributed by atoms with van der Waals surface area (Å²) in [4.78, 5) is 17.5. The van der Waals surface area contributed by atoms with Crippen molar-refractivity contribution in [1.29, 1.82) is 0 Å². The summed E-state index contributed by atoms with van der Waals surface area (Å²) in [6.45, 7) is 7.55. The first-order valence-corrected chi connectivity index (χ1v) is 6.08. The molecule has 0 aliphatic carbocycles. The lowest BCUT2D eigenvalue weighted by atomic mass is 9.99. The largest absolute Gasteiger partial charge is 0.524 e. The Labute approximate surface area is 89.1 Å². The van der Waals surface area contributed by atoms with Crippen molar-refractivity contribution in [2.45, 2.75) is 27.7 Å². The van der Waals surface area contributed by atoms with E-state index in [2.05, 4.69) is 4.52 Å². The van der Waals surface area contributed by atoms with Crippen LogP contribution in [-0.2, 0) is 4.57 Å². The molecule has 0 atom stereocenters. The summed E-state index contributed by atoms with van der Waals surface area (Å²) < 4.78 is 15.3. The summed E-state index contributed by atoms with van der Waals surface area (Å²) in [6.07, 6.45) is 0. The van der Waals surface area contributed by atoms with Gasteiger partial charge in [0, 0.05) is 0 Å². The van der Waals surface area contributed by atoms with Gasteiger partial charge in [0.25, 0.3) is 0 Å². The van der Waals surface area contributed by atoms with Crippen LogP contribution in [-0.4, -0.2) is 9.79 Å². The van der Waals surface area contributed by atoms with Crippen molar-refractivity contribution in [3.63, 3.8) is 0 Å². The molecule has 0 aromatic heterocycles. The molecule has 0 aliphatic rings. The Morgan fingerprint density at radius 2 is 1.60 bits per heavy atom. The van der Waals surface area contributed by atoms with Crippen molar-refractivity contribution < 1.29 is 18.9 Å². The first kappa shape index (κ1) is 12.2. The maximum atomic E-state index is 10.7. The number of aryl methyl sites for hydroxylation is 1. The van der Waals surface area contributed by atoms with Gasteiger partial charge in [-0.3, -0.25) is 9.79 Å². The van der Waals surface area contributed by atoms with E-state index in [0.29, 0.717) is 0 Å². The van der Waals surface area contributed by atoms with Crippen LogP contribution in [0.25, 0.3) is 0 Å². The van der Waals surface area contributed by atoms with Gasteiger partial charge in [-0.25, -0.2) is 4.57 Å². The number of rotatable bonds is 2. The standard InChI is InChI=1S/C10H15O4P/c1-6-5-10(14-15(11,12)13)9(4)8(3)7(6)2/h5H,1-4H3,(H2,11,12,13). The summed E-state index contributed by atoms with van der Waals surface area (Å²) in [5.41, 5.74) is 3.84. The first-order chi connectivity index (χ1) is 6.72. The molecule has 1 aromatic rings. The molecule has 0 unspecified atom stereocenters. The van der Waals surface area contributed by atoms with E-state index < -0.39 is 7.82 Å². The first-order valence-electron chi connectivity index (χ1n) is 4.55. The molecule has 0 spiro atoms. The van der Waals surface area contributed by atoms with E-state index in [-0.39, 0.29) is 5.75 Å². The summed E-state index contributed by atoms with van der Waals surface area (Å²) in [5, 5.41) is 0. The second kappa shape index (κ2) is 3.97. The highest BCUT2D eigenvalue weighted by molar-refractivity contribution is 7.46. The van der Waals surface area contributed by atoms with E-state index in [0.717, 1.165) is 22.3 Å². The van der Waals surface area contributed by atoms with Gasteiger partial charge in [0.2, 0.25) is 0 Å². The van der Waals surface area contributed by atoms with Crippen molar-refractivity contribution >= 4 is 7.82 Å². The Kier molecular flexibility index (Phi) is 3.24. The minimum absolute atomic E-state index is 0.254. The number of hydrogen-bond donors (Lipinski definition) is 2. The molecule has 0 bridgehead atoms. The molecule has 0 saturated carbocycles. The van der Waals surface area contributed by atoms with Crippen molar-refractivity contribution in [2.24, 2.45) is 0 Å². The zero-order valence-corrected chi connectivity index (χ0v) is 10.1. The van der Waals surface area contributed by atoms with Gasteiger partial charge in [-0.1, -0.05) is 0 Å². The molecular formula is C10H15O4P. The molecule has 2 N–H and O–H groups in total. The average Bonchev–Trinajstić information content (AvgIpc) is 2.08. The van der Waals surface area contributed by atoms with Gasteiger partial charge in [-0.15, -0.1) is 0 Å². The maximum Gasteiger partial charge on any atom is 0.524 e. The number of hydrogen-bond acceptors (Lipinski definition) is 2. The van der Waals surface area contributed by atoms with E-state index in [1.807, 2.05) is 20.8 Å². The monoisotopic (exact) mass is 230 g/mol. The molecule has 15 heavy (non-hydrogen) atoms. The van der Waals surface area contributed by atoms with Gasteiger partial charge in [0.15, 0.2) is 0 Å². The SMILES string of the molecule is Cc1cc(OP(=O)(O)O)c(C)c(C)c1C. The van der Waals surface area contributed by atoms with E-state index in [1.165, 1.54) is 0 Å². The predicted octanol–water partition coefficient (Wildman–Crippen LogP) is 2.39. The second-order valence-electron chi connectivity index (χ2n) is 3.65. The fourth-order valence-electron chi connectivity index (χ4n) is 1.40. The van der Waals surface area contributed by atoms with Gasteiger partial charge in [0.1, 0.15) is 5.75 Å². The highest BCUT2D eigenvalue weighted by Crippen LogP contribution is 2.40. The zero-order chi connectivity index (χ0) is 11.8. The predicted molar refractivity (Wildman–Crippen MR) is 58.1 cm³/mol. The molecule has 0 aliphatic heterocycles. The van der Waals surface area contributed by atoms with Crippen LogP contribution < -0.4 is 4.52 Å². The van der Waals surface area contributed by atoms with E-state index in [9.17, 15) is 4.57 Å². The molecule has 0 fully saturated rings. The van der Waals surface area contributed by atoms with Crippen LogP contribution in [0.3, 0.4) is 0 Å². The third-order valence-electron chi connectivity index (χ3n) is 2.65. The molecule has 84 valence electrons. The molecule has 4 nitrogen and oxygen atoms in total. The van der Waals surface area contributed by atoms with Crippen LogP contribution in [0, 0.1) is 27.7 Å². The molecule has 0 radical (unpaired) electrons. The Bertz CT molecular complexity index is 434. The summed E-state index contributed by atoms with van der Waals surface area (Å²) in [6, 6.07) is 1.65. The van der Waals surface area contributed by atoms with Crippen LogP contribution in [0.4, 0.5) is 0 Å². The van der Waals surface area contributed by atoms with Crippen molar-refractivity contribution in [3.8, 4) is 5.75 Å². The highest BCUT2D eigenvalue weighted by atomic mass is 31.2. The average molecular weight is 230 g/mol. The van der Waals surface area contributed by atoms with Crippen LogP contribution in [0.2, 0.25) is 0 Å². The summed E-state index contributed by atoms with van der Waals surface area (Å²) in [5.74, 6) is 0.254. The van der Waals surface area contributed by atoms with E-state index >= 15 is 0 Å². The Morgan fingerprint density at radius 3 is 2.07 bits per heavy atom. The highest BCUT2D eigenvalue weighted by Gasteiger charge is 2.19.